The zero-order valence-electron chi connectivity index (χ0n) is 17.5. The van der Waals surface area contributed by atoms with Gasteiger partial charge in [-0.05, 0) is 59.9 Å². The van der Waals surface area contributed by atoms with E-state index in [1.807, 2.05) is 30.3 Å². The molecule has 32 heavy (non-hydrogen) atoms. The van der Waals surface area contributed by atoms with E-state index in [0.717, 1.165) is 59.3 Å². The number of fused-ring (bicyclic) bond motifs is 1. The zero-order chi connectivity index (χ0) is 22.1. The SMILES string of the molecule is O=c1cc(-c2ccc3[nH]nc(C4CCOCC4)c3c2)ccn1[C@H](CO)c1cccc(Cl)c1. The van der Waals surface area contributed by atoms with Crippen LogP contribution in [0.5, 0.6) is 0 Å². The quantitative estimate of drug-likeness (QED) is 0.469. The summed E-state index contributed by atoms with van der Waals surface area (Å²) < 4.78 is 7.03. The van der Waals surface area contributed by atoms with Crippen molar-refractivity contribution in [2.75, 3.05) is 19.8 Å². The summed E-state index contributed by atoms with van der Waals surface area (Å²) in [6.07, 6.45) is 3.66. The van der Waals surface area contributed by atoms with E-state index in [9.17, 15) is 9.90 Å². The molecule has 0 spiro atoms. The Morgan fingerprint density at radius 2 is 1.94 bits per heavy atom. The number of hydrogen-bond donors (Lipinski definition) is 2. The highest BCUT2D eigenvalue weighted by molar-refractivity contribution is 6.30. The number of H-pyrrole nitrogens is 1. The molecule has 7 heteroatoms. The molecule has 4 aromatic rings. The number of aromatic nitrogens is 3. The van der Waals surface area contributed by atoms with Crippen LogP contribution in [0.2, 0.25) is 5.02 Å². The average molecular weight is 450 g/mol. The lowest BCUT2D eigenvalue weighted by atomic mass is 9.93. The number of pyridine rings is 1. The van der Waals surface area contributed by atoms with Crippen molar-refractivity contribution in [2.45, 2.75) is 24.8 Å². The molecule has 2 N–H and O–H groups in total. The molecule has 6 nitrogen and oxygen atoms in total. The van der Waals surface area contributed by atoms with Crippen LogP contribution >= 0.6 is 11.6 Å². The lowest BCUT2D eigenvalue weighted by molar-refractivity contribution is 0.0847. The number of hydrogen-bond acceptors (Lipinski definition) is 4. The largest absolute Gasteiger partial charge is 0.394 e. The van der Waals surface area contributed by atoms with Gasteiger partial charge in [0, 0.05) is 41.8 Å². The number of aromatic amines is 1. The number of ether oxygens (including phenoxy) is 1. The fraction of sp³-hybridized carbons (Fsp3) is 0.280. The van der Waals surface area contributed by atoms with Crippen molar-refractivity contribution in [1.29, 1.82) is 0 Å². The number of aliphatic hydroxyl groups is 1. The summed E-state index contributed by atoms with van der Waals surface area (Å²) >= 11 is 6.10. The van der Waals surface area contributed by atoms with Crippen LogP contribution in [-0.4, -0.2) is 39.7 Å². The van der Waals surface area contributed by atoms with E-state index in [-0.39, 0.29) is 12.2 Å². The zero-order valence-corrected chi connectivity index (χ0v) is 18.3. The first-order valence-corrected chi connectivity index (χ1v) is 11.2. The van der Waals surface area contributed by atoms with Crippen molar-refractivity contribution in [3.05, 3.63) is 87.4 Å². The molecule has 3 heterocycles. The molecule has 0 unspecified atom stereocenters. The molecule has 0 bridgehead atoms. The number of nitrogens with zero attached hydrogens (tertiary/aromatic N) is 2. The minimum absolute atomic E-state index is 0.182. The van der Waals surface area contributed by atoms with Gasteiger partial charge in [-0.3, -0.25) is 9.89 Å². The first kappa shape index (κ1) is 20.9. The maximum absolute atomic E-state index is 13.0. The highest BCUT2D eigenvalue weighted by Gasteiger charge is 2.21. The molecule has 0 aliphatic carbocycles. The summed E-state index contributed by atoms with van der Waals surface area (Å²) in [5.74, 6) is 0.378. The molecule has 2 aromatic heterocycles. The third-order valence-corrected chi connectivity index (χ3v) is 6.46. The molecule has 1 aliphatic rings. The van der Waals surface area contributed by atoms with Crippen LogP contribution in [0.3, 0.4) is 0 Å². The van der Waals surface area contributed by atoms with Gasteiger partial charge in [0.2, 0.25) is 0 Å². The molecule has 1 aliphatic heterocycles. The number of halogens is 1. The second-order valence-electron chi connectivity index (χ2n) is 8.17. The van der Waals surface area contributed by atoms with Gasteiger partial charge in [0.05, 0.1) is 23.9 Å². The van der Waals surface area contributed by atoms with Crippen molar-refractivity contribution in [2.24, 2.45) is 0 Å². The minimum atomic E-state index is -0.494. The van der Waals surface area contributed by atoms with E-state index in [4.69, 9.17) is 16.3 Å². The molecule has 0 saturated carbocycles. The van der Waals surface area contributed by atoms with E-state index in [1.165, 1.54) is 0 Å². The van der Waals surface area contributed by atoms with E-state index < -0.39 is 6.04 Å². The Hall–Kier alpha value is -2.93. The number of benzene rings is 2. The summed E-state index contributed by atoms with van der Waals surface area (Å²) in [5.41, 5.74) is 4.45. The third-order valence-electron chi connectivity index (χ3n) is 6.22. The van der Waals surface area contributed by atoms with Gasteiger partial charge in [-0.15, -0.1) is 0 Å². The maximum Gasteiger partial charge on any atom is 0.251 e. The van der Waals surface area contributed by atoms with E-state index in [2.05, 4.69) is 16.3 Å². The summed E-state index contributed by atoms with van der Waals surface area (Å²) in [6.45, 7) is 1.32. The van der Waals surface area contributed by atoms with Crippen molar-refractivity contribution in [3.8, 4) is 11.1 Å². The molecular weight excluding hydrogens is 426 g/mol. The Balaban J connectivity index is 1.50. The van der Waals surface area contributed by atoms with Gasteiger partial charge in [0.15, 0.2) is 0 Å². The van der Waals surface area contributed by atoms with Crippen LogP contribution < -0.4 is 5.56 Å². The second-order valence-corrected chi connectivity index (χ2v) is 8.61. The van der Waals surface area contributed by atoms with Gasteiger partial charge in [-0.25, -0.2) is 0 Å². The van der Waals surface area contributed by atoms with Gasteiger partial charge in [-0.1, -0.05) is 29.8 Å². The van der Waals surface area contributed by atoms with Crippen LogP contribution in [-0.2, 0) is 4.74 Å². The fourth-order valence-corrected chi connectivity index (χ4v) is 4.69. The second kappa shape index (κ2) is 8.90. The normalized spacial score (nSPS) is 15.8. The molecule has 1 fully saturated rings. The first-order chi connectivity index (χ1) is 15.6. The van der Waals surface area contributed by atoms with E-state index in [0.29, 0.717) is 10.9 Å². The van der Waals surface area contributed by atoms with Crippen LogP contribution in [0.15, 0.2) is 65.6 Å². The van der Waals surface area contributed by atoms with Crippen molar-refractivity contribution in [3.63, 3.8) is 0 Å². The molecule has 0 amide bonds. The number of aliphatic hydroxyl groups excluding tert-OH is 1. The lowest BCUT2D eigenvalue weighted by Crippen LogP contribution is -2.26. The van der Waals surface area contributed by atoms with Crippen LogP contribution in [0.1, 0.15) is 36.1 Å². The summed E-state index contributed by atoms with van der Waals surface area (Å²) in [5, 5.41) is 19.3. The monoisotopic (exact) mass is 449 g/mol. The topological polar surface area (TPSA) is 80.1 Å². The summed E-state index contributed by atoms with van der Waals surface area (Å²) in [6, 6.07) is 16.3. The Kier molecular flexibility index (Phi) is 5.83. The number of rotatable bonds is 5. The minimum Gasteiger partial charge on any atom is -0.394 e. The smallest absolute Gasteiger partial charge is 0.251 e. The first-order valence-electron chi connectivity index (χ1n) is 10.8. The molecule has 164 valence electrons. The van der Waals surface area contributed by atoms with Crippen LogP contribution in [0, 0.1) is 0 Å². The van der Waals surface area contributed by atoms with Gasteiger partial charge < -0.3 is 14.4 Å². The van der Waals surface area contributed by atoms with Crippen molar-refractivity contribution >= 4 is 22.5 Å². The van der Waals surface area contributed by atoms with Gasteiger partial charge >= 0.3 is 0 Å². The molecule has 5 rings (SSSR count). The van der Waals surface area contributed by atoms with Crippen LogP contribution in [0.4, 0.5) is 0 Å². The Bertz CT molecular complexity index is 1310. The van der Waals surface area contributed by atoms with E-state index >= 15 is 0 Å². The third kappa shape index (κ3) is 3.97. The molecule has 0 radical (unpaired) electrons. The standard InChI is InChI=1S/C25H24ClN3O3/c26-20-3-1-2-19(12-20)23(15-30)29-9-6-18(14-24(29)31)17-4-5-22-21(13-17)25(28-27-22)16-7-10-32-11-8-16/h1-6,9,12-14,16,23,30H,7-8,10-11,15H2,(H,27,28)/t23-/m1/s1. The molecule has 2 aromatic carbocycles. The lowest BCUT2D eigenvalue weighted by Gasteiger charge is -2.20. The van der Waals surface area contributed by atoms with E-state index in [1.54, 1.807) is 29.0 Å². The Morgan fingerprint density at radius 1 is 1.12 bits per heavy atom. The predicted octanol–water partition coefficient (Wildman–Crippen LogP) is 4.52. The van der Waals surface area contributed by atoms with Crippen molar-refractivity contribution in [1.82, 2.24) is 14.8 Å². The van der Waals surface area contributed by atoms with Gasteiger partial charge in [-0.2, -0.15) is 5.10 Å². The molecule has 1 saturated heterocycles. The fourth-order valence-electron chi connectivity index (χ4n) is 4.49. The van der Waals surface area contributed by atoms with Crippen LogP contribution in [0.25, 0.3) is 22.0 Å². The summed E-state index contributed by atoms with van der Waals surface area (Å²) in [4.78, 5) is 13.0. The molecular formula is C25H24ClN3O3. The maximum atomic E-state index is 13.0. The highest BCUT2D eigenvalue weighted by atomic mass is 35.5. The Labute approximate surface area is 190 Å². The molecule has 1 atom stereocenters. The summed E-state index contributed by atoms with van der Waals surface area (Å²) in [7, 11) is 0. The predicted molar refractivity (Wildman–Crippen MR) is 125 cm³/mol. The highest BCUT2D eigenvalue weighted by Crippen LogP contribution is 2.33. The van der Waals surface area contributed by atoms with Gasteiger partial charge in [0.1, 0.15) is 0 Å². The van der Waals surface area contributed by atoms with Crippen molar-refractivity contribution < 1.29 is 9.84 Å². The average Bonchev–Trinajstić information content (AvgIpc) is 3.24. The Morgan fingerprint density at radius 3 is 2.69 bits per heavy atom. The number of nitrogens with one attached hydrogen (secondary N) is 1. The van der Waals surface area contributed by atoms with Gasteiger partial charge in [0.25, 0.3) is 5.56 Å².